The lowest BCUT2D eigenvalue weighted by molar-refractivity contribution is -0.116. The van der Waals surface area contributed by atoms with Crippen molar-refractivity contribution in [2.75, 3.05) is 17.7 Å². The molecule has 1 unspecified atom stereocenters. The zero-order valence-electron chi connectivity index (χ0n) is 19.4. The number of aromatic nitrogens is 1. The summed E-state index contributed by atoms with van der Waals surface area (Å²) in [6.45, 7) is 1.85. The van der Waals surface area contributed by atoms with Crippen LogP contribution < -0.4 is 15.4 Å². The van der Waals surface area contributed by atoms with Gasteiger partial charge in [0.1, 0.15) is 5.75 Å². The number of carbonyl (C=O) groups is 2. The second-order valence-electron chi connectivity index (χ2n) is 7.75. The monoisotopic (exact) mass is 503 g/mol. The minimum atomic E-state index is -0.318. The van der Waals surface area contributed by atoms with E-state index in [0.29, 0.717) is 11.6 Å². The highest BCUT2D eigenvalue weighted by Crippen LogP contribution is 2.29. The molecule has 0 aliphatic heterocycles. The second kappa shape index (κ2) is 11.7. The van der Waals surface area contributed by atoms with E-state index in [2.05, 4.69) is 15.6 Å². The van der Waals surface area contributed by atoms with Crippen molar-refractivity contribution in [1.82, 2.24) is 4.98 Å². The van der Waals surface area contributed by atoms with Gasteiger partial charge in [-0.25, -0.2) is 4.98 Å². The van der Waals surface area contributed by atoms with Gasteiger partial charge in [0, 0.05) is 21.5 Å². The van der Waals surface area contributed by atoms with Crippen LogP contribution >= 0.6 is 23.1 Å². The van der Waals surface area contributed by atoms with Gasteiger partial charge in [-0.05, 0) is 61.0 Å². The Morgan fingerprint density at radius 1 is 0.971 bits per heavy atom. The highest BCUT2D eigenvalue weighted by atomic mass is 32.2. The predicted octanol–water partition coefficient (Wildman–Crippen LogP) is 6.12. The van der Waals surface area contributed by atoms with Crippen LogP contribution in [0.3, 0.4) is 0 Å². The fourth-order valence-electron chi connectivity index (χ4n) is 3.29. The molecule has 6 nitrogen and oxygen atoms in total. The van der Waals surface area contributed by atoms with Crippen LogP contribution in [0.25, 0.3) is 11.3 Å². The van der Waals surface area contributed by atoms with E-state index in [0.717, 1.165) is 33.2 Å². The van der Waals surface area contributed by atoms with E-state index in [4.69, 9.17) is 4.74 Å². The van der Waals surface area contributed by atoms with Gasteiger partial charge in [0.15, 0.2) is 5.13 Å². The number of methoxy groups -OCH3 is 1. The largest absolute Gasteiger partial charge is 0.497 e. The van der Waals surface area contributed by atoms with Gasteiger partial charge < -0.3 is 15.4 Å². The number of hydrogen-bond acceptors (Lipinski definition) is 6. The summed E-state index contributed by atoms with van der Waals surface area (Å²) in [7, 11) is 1.63. The number of thioether (sulfide) groups is 1. The molecule has 1 atom stereocenters. The smallest absolute Gasteiger partial charge is 0.239 e. The molecule has 3 aromatic carbocycles. The van der Waals surface area contributed by atoms with Crippen molar-refractivity contribution < 1.29 is 14.3 Å². The Bertz CT molecular complexity index is 1270. The van der Waals surface area contributed by atoms with Crippen LogP contribution in [-0.2, 0) is 16.0 Å². The third-order valence-electron chi connectivity index (χ3n) is 5.15. The summed E-state index contributed by atoms with van der Waals surface area (Å²) in [5.74, 6) is 0.596. The normalized spacial score (nSPS) is 11.5. The van der Waals surface area contributed by atoms with Gasteiger partial charge in [0.2, 0.25) is 11.8 Å². The summed E-state index contributed by atoms with van der Waals surface area (Å²) in [5.41, 5.74) is 3.45. The molecule has 0 fully saturated rings. The van der Waals surface area contributed by atoms with Gasteiger partial charge in [-0.1, -0.05) is 30.3 Å². The fraction of sp³-hybridized carbons (Fsp3) is 0.148. The van der Waals surface area contributed by atoms with Crippen LogP contribution in [0.15, 0.2) is 89.1 Å². The molecule has 0 spiro atoms. The lowest BCUT2D eigenvalue weighted by Gasteiger charge is -2.11. The van der Waals surface area contributed by atoms with Crippen LogP contribution in [0.5, 0.6) is 5.75 Å². The third kappa shape index (κ3) is 6.94. The van der Waals surface area contributed by atoms with Crippen molar-refractivity contribution in [3.8, 4) is 17.0 Å². The average molecular weight is 504 g/mol. The van der Waals surface area contributed by atoms with Gasteiger partial charge in [0.25, 0.3) is 0 Å². The lowest BCUT2D eigenvalue weighted by Crippen LogP contribution is -2.22. The summed E-state index contributed by atoms with van der Waals surface area (Å²) in [6, 6.07) is 24.7. The van der Waals surface area contributed by atoms with Gasteiger partial charge in [-0.15, -0.1) is 23.1 Å². The van der Waals surface area contributed by atoms with E-state index < -0.39 is 0 Å². The summed E-state index contributed by atoms with van der Waals surface area (Å²) >= 11 is 2.84. The molecule has 0 saturated heterocycles. The van der Waals surface area contributed by atoms with E-state index in [1.54, 1.807) is 7.11 Å². The molecule has 4 aromatic rings. The van der Waals surface area contributed by atoms with E-state index in [1.165, 1.54) is 23.1 Å². The van der Waals surface area contributed by atoms with Gasteiger partial charge in [-0.2, -0.15) is 0 Å². The van der Waals surface area contributed by atoms with Crippen molar-refractivity contribution in [1.29, 1.82) is 0 Å². The molecule has 2 N–H and O–H groups in total. The Kier molecular flexibility index (Phi) is 8.18. The number of ether oxygens (including phenoxy) is 1. The quantitative estimate of drug-likeness (QED) is 0.269. The molecule has 4 rings (SSSR count). The van der Waals surface area contributed by atoms with Crippen molar-refractivity contribution in [3.63, 3.8) is 0 Å². The van der Waals surface area contributed by atoms with Crippen molar-refractivity contribution in [2.24, 2.45) is 0 Å². The maximum Gasteiger partial charge on any atom is 0.239 e. The molecule has 0 aliphatic rings. The van der Waals surface area contributed by atoms with Crippen LogP contribution in [0, 0.1) is 0 Å². The number of rotatable bonds is 9. The molecule has 2 amide bonds. The predicted molar refractivity (Wildman–Crippen MR) is 143 cm³/mol. The molecule has 1 aromatic heterocycles. The number of thiazole rings is 1. The molecule has 35 heavy (non-hydrogen) atoms. The van der Waals surface area contributed by atoms with Crippen molar-refractivity contribution >= 4 is 45.7 Å². The average Bonchev–Trinajstić information content (AvgIpc) is 3.34. The van der Waals surface area contributed by atoms with Crippen LogP contribution in [-0.4, -0.2) is 29.2 Å². The summed E-state index contributed by atoms with van der Waals surface area (Å²) in [5, 5.41) is 7.97. The van der Waals surface area contributed by atoms with Crippen LogP contribution in [0.1, 0.15) is 12.5 Å². The van der Waals surface area contributed by atoms with Crippen molar-refractivity contribution in [2.45, 2.75) is 23.5 Å². The van der Waals surface area contributed by atoms with Gasteiger partial charge in [-0.3, -0.25) is 9.59 Å². The summed E-state index contributed by atoms with van der Waals surface area (Å²) in [4.78, 5) is 30.4. The molecular formula is C27H25N3O3S2. The van der Waals surface area contributed by atoms with Gasteiger partial charge in [0.05, 0.1) is 24.5 Å². The SMILES string of the molecule is COc1ccc(-c2csc(NC(=O)C(C)Sc3ccc(NC(=O)Cc4ccccc4)cc3)n2)cc1. The van der Waals surface area contributed by atoms with Crippen molar-refractivity contribution in [3.05, 3.63) is 89.8 Å². The first kappa shape index (κ1) is 24.5. The number of anilines is 2. The minimum Gasteiger partial charge on any atom is -0.497 e. The second-order valence-corrected chi connectivity index (χ2v) is 10.0. The number of carbonyl (C=O) groups excluding carboxylic acids is 2. The Morgan fingerprint density at radius 3 is 2.37 bits per heavy atom. The first-order chi connectivity index (χ1) is 17.0. The summed E-state index contributed by atoms with van der Waals surface area (Å²) in [6.07, 6.45) is 0.325. The first-order valence-electron chi connectivity index (χ1n) is 11.0. The van der Waals surface area contributed by atoms with E-state index >= 15 is 0 Å². The molecule has 0 aliphatic carbocycles. The topological polar surface area (TPSA) is 80.3 Å². The molecule has 1 heterocycles. The third-order valence-corrected chi connectivity index (χ3v) is 7.02. The minimum absolute atomic E-state index is 0.0678. The van der Waals surface area contributed by atoms with E-state index in [1.807, 2.05) is 91.2 Å². The number of nitrogens with zero attached hydrogens (tertiary/aromatic N) is 1. The maximum atomic E-state index is 12.7. The molecule has 0 radical (unpaired) electrons. The van der Waals surface area contributed by atoms with Crippen LogP contribution in [0.2, 0.25) is 0 Å². The number of hydrogen-bond donors (Lipinski definition) is 2. The molecule has 0 saturated carbocycles. The van der Waals surface area contributed by atoms with Gasteiger partial charge >= 0.3 is 0 Å². The van der Waals surface area contributed by atoms with E-state index in [9.17, 15) is 9.59 Å². The highest BCUT2D eigenvalue weighted by Gasteiger charge is 2.17. The molecule has 8 heteroatoms. The molecule has 0 bridgehead atoms. The molecular weight excluding hydrogens is 478 g/mol. The summed E-state index contributed by atoms with van der Waals surface area (Å²) < 4.78 is 5.19. The zero-order valence-corrected chi connectivity index (χ0v) is 21.0. The Morgan fingerprint density at radius 2 is 1.69 bits per heavy atom. The Labute approximate surface area is 212 Å². The standard InChI is InChI=1S/C27H25N3O3S2/c1-18(26(32)30-27-29-24(17-34-27)20-8-12-22(33-2)13-9-20)35-23-14-10-21(11-15-23)28-25(31)16-19-6-4-3-5-7-19/h3-15,17-18H,16H2,1-2H3,(H,28,31)(H,29,30,32). The maximum absolute atomic E-state index is 12.7. The Hall–Kier alpha value is -3.62. The zero-order chi connectivity index (χ0) is 24.6. The Balaban J connectivity index is 1.28. The first-order valence-corrected chi connectivity index (χ1v) is 12.8. The lowest BCUT2D eigenvalue weighted by atomic mass is 10.1. The highest BCUT2D eigenvalue weighted by molar-refractivity contribution is 8.00. The number of nitrogens with one attached hydrogen (secondary N) is 2. The van der Waals surface area contributed by atoms with E-state index in [-0.39, 0.29) is 17.1 Å². The van der Waals surface area contributed by atoms with Crippen LogP contribution in [0.4, 0.5) is 10.8 Å². The molecule has 178 valence electrons. The fourth-order valence-corrected chi connectivity index (χ4v) is 4.88. The number of benzene rings is 3. The number of amides is 2.